The predicted molar refractivity (Wildman–Crippen MR) is 142 cm³/mol. The summed E-state index contributed by atoms with van der Waals surface area (Å²) >= 11 is 12.2. The average Bonchev–Trinajstić information content (AvgIpc) is 3.03. The van der Waals surface area contributed by atoms with E-state index in [1.54, 1.807) is 50.8 Å². The van der Waals surface area contributed by atoms with Gasteiger partial charge < -0.3 is 10.5 Å². The molecule has 0 bridgehead atoms. The Kier molecular flexibility index (Phi) is 7.88. The minimum atomic E-state index is -1.67. The molecule has 0 aliphatic carbocycles. The molecule has 3 aromatic rings. The number of carbonyl (C=O) groups is 1. The first-order valence-electron chi connectivity index (χ1n) is 12.2. The third-order valence-corrected chi connectivity index (χ3v) is 7.58. The molecule has 0 radical (unpaired) electrons. The van der Waals surface area contributed by atoms with Gasteiger partial charge in [-0.05, 0) is 57.5 Å². The molecular weight excluding hydrogens is 536 g/mol. The van der Waals surface area contributed by atoms with E-state index in [2.05, 4.69) is 0 Å². The highest BCUT2D eigenvalue weighted by Crippen LogP contribution is 2.52. The summed E-state index contributed by atoms with van der Waals surface area (Å²) in [6.07, 6.45) is 0. The summed E-state index contributed by atoms with van der Waals surface area (Å²) in [5, 5.41) is -0.0255. The van der Waals surface area contributed by atoms with Crippen LogP contribution in [0.25, 0.3) is 0 Å². The topological polar surface area (TPSA) is 55.6 Å². The predicted octanol–water partition coefficient (Wildman–Crippen LogP) is 6.96. The van der Waals surface area contributed by atoms with Crippen LogP contribution in [-0.2, 0) is 21.6 Å². The van der Waals surface area contributed by atoms with Gasteiger partial charge in [-0.15, -0.1) is 0 Å². The van der Waals surface area contributed by atoms with Gasteiger partial charge in [0, 0.05) is 34.7 Å². The molecule has 1 unspecified atom stereocenters. The van der Waals surface area contributed by atoms with Gasteiger partial charge >= 0.3 is 5.97 Å². The smallest absolute Gasteiger partial charge is 0.324 e. The first kappa shape index (κ1) is 28.4. The number of esters is 1. The van der Waals surface area contributed by atoms with Crippen LogP contribution in [0.2, 0.25) is 10.0 Å². The molecule has 38 heavy (non-hydrogen) atoms. The van der Waals surface area contributed by atoms with Crippen LogP contribution in [0.4, 0.5) is 13.2 Å². The molecule has 0 saturated carbocycles. The molecule has 4 rings (SSSR count). The van der Waals surface area contributed by atoms with Crippen molar-refractivity contribution in [2.75, 3.05) is 0 Å². The summed E-state index contributed by atoms with van der Waals surface area (Å²) in [6, 6.07) is 12.5. The molecule has 1 aliphatic heterocycles. The molecule has 0 amide bonds. The molecule has 202 valence electrons. The summed E-state index contributed by atoms with van der Waals surface area (Å²) < 4.78 is 51.8. The fourth-order valence-electron chi connectivity index (χ4n) is 5.34. The van der Waals surface area contributed by atoms with Gasteiger partial charge in [-0.3, -0.25) is 9.69 Å². The fraction of sp³-hybridized carbons (Fsp3) is 0.345. The number of halogens is 5. The standard InChI is InChI=1S/C29H29Cl2F3N2O2/c1-16-29(35,20-13-12-18(30)14-23(20)33)24(19-9-7-10-21(31)25(19)34)26(27(37)38-28(2,3)4)36(16)15-17-8-5-6-11-22(17)32/h5-14,16,24,26H,15,35H2,1-4H3/t16?,24-,26+,29-/m0/s1. The van der Waals surface area contributed by atoms with E-state index in [0.29, 0.717) is 5.56 Å². The quantitative estimate of drug-likeness (QED) is 0.340. The summed E-state index contributed by atoms with van der Waals surface area (Å²) in [4.78, 5) is 15.5. The maximum Gasteiger partial charge on any atom is 0.324 e. The van der Waals surface area contributed by atoms with Crippen molar-refractivity contribution in [1.29, 1.82) is 0 Å². The fourth-order valence-corrected chi connectivity index (χ4v) is 5.68. The van der Waals surface area contributed by atoms with E-state index in [1.165, 1.54) is 36.4 Å². The normalized spacial score (nSPS) is 24.0. The lowest BCUT2D eigenvalue weighted by molar-refractivity contribution is -0.161. The first-order chi connectivity index (χ1) is 17.8. The molecule has 9 heteroatoms. The molecule has 2 N–H and O–H groups in total. The minimum absolute atomic E-state index is 0.0214. The second-order valence-corrected chi connectivity index (χ2v) is 11.4. The van der Waals surface area contributed by atoms with E-state index in [9.17, 15) is 9.18 Å². The highest BCUT2D eigenvalue weighted by atomic mass is 35.5. The number of likely N-dealkylation sites (tertiary alicyclic amines) is 1. The summed E-state index contributed by atoms with van der Waals surface area (Å²) in [5.74, 6) is -3.84. The van der Waals surface area contributed by atoms with E-state index >= 15 is 8.78 Å². The van der Waals surface area contributed by atoms with E-state index in [0.717, 1.165) is 6.07 Å². The van der Waals surface area contributed by atoms with Gasteiger partial charge in [0.2, 0.25) is 0 Å². The number of ether oxygens (including phenoxy) is 1. The Morgan fingerprint density at radius 2 is 1.71 bits per heavy atom. The van der Waals surface area contributed by atoms with E-state index < -0.39 is 52.6 Å². The molecular formula is C29H29Cl2F3N2O2. The maximum atomic E-state index is 15.7. The highest BCUT2D eigenvalue weighted by Gasteiger charge is 2.61. The first-order valence-corrected chi connectivity index (χ1v) is 12.9. The van der Waals surface area contributed by atoms with Crippen LogP contribution < -0.4 is 5.73 Å². The molecule has 4 atom stereocenters. The van der Waals surface area contributed by atoms with Crippen LogP contribution >= 0.6 is 23.2 Å². The number of nitrogens with two attached hydrogens (primary N) is 1. The second kappa shape index (κ2) is 10.5. The summed E-state index contributed by atoms with van der Waals surface area (Å²) in [6.45, 7) is 6.75. The average molecular weight is 565 g/mol. The Balaban J connectivity index is 2.00. The monoisotopic (exact) mass is 564 g/mol. The lowest BCUT2D eigenvalue weighted by Crippen LogP contribution is -2.50. The van der Waals surface area contributed by atoms with Crippen molar-refractivity contribution in [3.05, 3.63) is 105 Å². The molecule has 4 nitrogen and oxygen atoms in total. The van der Waals surface area contributed by atoms with Crippen LogP contribution in [0, 0.1) is 17.5 Å². The van der Waals surface area contributed by atoms with Crippen molar-refractivity contribution in [2.24, 2.45) is 5.73 Å². The lowest BCUT2D eigenvalue weighted by Gasteiger charge is -2.37. The maximum absolute atomic E-state index is 15.7. The Morgan fingerprint density at radius 1 is 1.03 bits per heavy atom. The van der Waals surface area contributed by atoms with Crippen LogP contribution in [0.5, 0.6) is 0 Å². The zero-order valence-electron chi connectivity index (χ0n) is 21.4. The number of nitrogens with zero attached hydrogens (tertiary/aromatic N) is 1. The Hall–Kier alpha value is -2.58. The number of benzene rings is 3. The molecule has 1 heterocycles. The highest BCUT2D eigenvalue weighted by molar-refractivity contribution is 6.31. The van der Waals surface area contributed by atoms with Gasteiger partial charge in [0.05, 0.1) is 10.6 Å². The van der Waals surface area contributed by atoms with Gasteiger partial charge in [-0.25, -0.2) is 13.2 Å². The van der Waals surface area contributed by atoms with Crippen molar-refractivity contribution >= 4 is 29.2 Å². The van der Waals surface area contributed by atoms with Crippen LogP contribution in [0.15, 0.2) is 60.7 Å². The van der Waals surface area contributed by atoms with Crippen molar-refractivity contribution in [1.82, 2.24) is 4.90 Å². The molecule has 1 fully saturated rings. The van der Waals surface area contributed by atoms with Crippen LogP contribution in [0.1, 0.15) is 50.3 Å². The number of carbonyl (C=O) groups excluding carboxylic acids is 1. The van der Waals surface area contributed by atoms with Gasteiger partial charge in [-0.2, -0.15) is 0 Å². The molecule has 0 aromatic heterocycles. The molecule has 3 aromatic carbocycles. The molecule has 1 saturated heterocycles. The zero-order chi connectivity index (χ0) is 28.0. The molecule has 1 aliphatic rings. The summed E-state index contributed by atoms with van der Waals surface area (Å²) in [7, 11) is 0. The van der Waals surface area contributed by atoms with Gasteiger partial charge in [0.25, 0.3) is 0 Å². The van der Waals surface area contributed by atoms with Gasteiger partial charge in [0.15, 0.2) is 0 Å². The Bertz CT molecular complexity index is 1360. The van der Waals surface area contributed by atoms with Gasteiger partial charge in [-0.1, -0.05) is 59.6 Å². The number of hydrogen-bond acceptors (Lipinski definition) is 4. The van der Waals surface area contributed by atoms with Crippen molar-refractivity contribution in [3.63, 3.8) is 0 Å². The largest absolute Gasteiger partial charge is 0.459 e. The second-order valence-electron chi connectivity index (χ2n) is 10.6. The number of rotatable bonds is 5. The van der Waals surface area contributed by atoms with Crippen molar-refractivity contribution < 1.29 is 22.7 Å². The summed E-state index contributed by atoms with van der Waals surface area (Å²) in [5.41, 5.74) is 4.88. The van der Waals surface area contributed by atoms with E-state index in [4.69, 9.17) is 33.7 Å². The SMILES string of the molecule is CC1N(Cc2ccccc2F)[C@@H](C(=O)OC(C)(C)C)[C@H](c2cccc(Cl)c2F)[C@@]1(N)c1ccc(Cl)cc1F. The number of hydrogen-bond donors (Lipinski definition) is 1. The van der Waals surface area contributed by atoms with Gasteiger partial charge in [0.1, 0.15) is 29.1 Å². The Labute approximate surface area is 230 Å². The Morgan fingerprint density at radius 3 is 2.34 bits per heavy atom. The van der Waals surface area contributed by atoms with Crippen LogP contribution in [0.3, 0.4) is 0 Å². The van der Waals surface area contributed by atoms with Crippen LogP contribution in [-0.4, -0.2) is 28.6 Å². The minimum Gasteiger partial charge on any atom is -0.459 e. The van der Waals surface area contributed by atoms with E-state index in [-0.39, 0.29) is 27.7 Å². The zero-order valence-corrected chi connectivity index (χ0v) is 23.0. The third kappa shape index (κ3) is 5.17. The lowest BCUT2D eigenvalue weighted by atomic mass is 9.71. The van der Waals surface area contributed by atoms with Crippen molar-refractivity contribution in [2.45, 2.75) is 63.4 Å². The van der Waals surface area contributed by atoms with E-state index in [1.807, 2.05) is 0 Å². The van der Waals surface area contributed by atoms with Crippen molar-refractivity contribution in [3.8, 4) is 0 Å². The third-order valence-electron chi connectivity index (χ3n) is 7.05. The molecule has 0 spiro atoms.